The summed E-state index contributed by atoms with van der Waals surface area (Å²) in [6.45, 7) is 0. The lowest BCUT2D eigenvalue weighted by atomic mass is 10.0. The van der Waals surface area contributed by atoms with E-state index in [1.54, 1.807) is 7.11 Å². The fraction of sp³-hybridized carbons (Fsp3) is 0.0526. The monoisotopic (exact) mass is 273 g/mol. The topological polar surface area (TPSA) is 13.6 Å². The van der Waals surface area contributed by atoms with Crippen molar-refractivity contribution in [1.82, 2.24) is 4.40 Å². The van der Waals surface area contributed by atoms with Crippen molar-refractivity contribution in [2.75, 3.05) is 7.11 Å². The molecule has 4 aromatic rings. The largest absolute Gasteiger partial charge is 0.497 e. The molecule has 2 heterocycles. The maximum atomic E-state index is 5.40. The molecule has 0 aliphatic heterocycles. The highest BCUT2D eigenvalue weighted by molar-refractivity contribution is 6.06. The summed E-state index contributed by atoms with van der Waals surface area (Å²) in [5, 5.41) is 1.21. The summed E-state index contributed by atoms with van der Waals surface area (Å²) >= 11 is 0. The van der Waals surface area contributed by atoms with Gasteiger partial charge in [-0.05, 0) is 35.9 Å². The predicted molar refractivity (Wildman–Crippen MR) is 86.9 cm³/mol. The number of methoxy groups -OCH3 is 1. The summed E-state index contributed by atoms with van der Waals surface area (Å²) in [4.78, 5) is 0. The Kier molecular flexibility index (Phi) is 2.68. The standard InChI is InChI=1S/C19H15NO/c1-21-15-10-11-17-16(13-15)19(14-7-3-2-4-8-14)18-9-5-6-12-20(17)18/h2-13H,1H3. The third-order valence-electron chi connectivity index (χ3n) is 3.91. The molecule has 0 spiro atoms. The Balaban J connectivity index is 2.19. The SMILES string of the molecule is COc1ccc2c(c1)c(-c1ccccc1)c1ccccn12. The van der Waals surface area contributed by atoms with Crippen LogP contribution in [0.2, 0.25) is 0 Å². The fourth-order valence-corrected chi connectivity index (χ4v) is 2.96. The van der Waals surface area contributed by atoms with E-state index < -0.39 is 0 Å². The van der Waals surface area contributed by atoms with Crippen molar-refractivity contribution in [3.05, 3.63) is 72.9 Å². The van der Waals surface area contributed by atoms with Crippen LogP contribution in [0.3, 0.4) is 0 Å². The van der Waals surface area contributed by atoms with Gasteiger partial charge in [-0.1, -0.05) is 36.4 Å². The van der Waals surface area contributed by atoms with Gasteiger partial charge in [0.05, 0.1) is 18.1 Å². The molecular weight excluding hydrogens is 258 g/mol. The number of aromatic nitrogens is 1. The highest BCUT2D eigenvalue weighted by Gasteiger charge is 2.13. The van der Waals surface area contributed by atoms with Crippen LogP contribution >= 0.6 is 0 Å². The maximum Gasteiger partial charge on any atom is 0.119 e. The molecule has 2 aromatic carbocycles. The minimum absolute atomic E-state index is 0.885. The van der Waals surface area contributed by atoms with Crippen molar-refractivity contribution >= 4 is 16.4 Å². The summed E-state index contributed by atoms with van der Waals surface area (Å²) in [7, 11) is 1.71. The minimum atomic E-state index is 0.885. The number of rotatable bonds is 2. The van der Waals surface area contributed by atoms with Crippen LogP contribution < -0.4 is 4.74 Å². The summed E-state index contributed by atoms with van der Waals surface area (Å²) in [5.74, 6) is 0.885. The van der Waals surface area contributed by atoms with Crippen LogP contribution in [0.5, 0.6) is 5.75 Å². The van der Waals surface area contributed by atoms with Crippen molar-refractivity contribution < 1.29 is 4.74 Å². The van der Waals surface area contributed by atoms with E-state index in [-0.39, 0.29) is 0 Å². The van der Waals surface area contributed by atoms with Gasteiger partial charge in [0.2, 0.25) is 0 Å². The number of hydrogen-bond acceptors (Lipinski definition) is 1. The molecule has 0 atom stereocenters. The quantitative estimate of drug-likeness (QED) is 0.513. The average Bonchev–Trinajstić information content (AvgIpc) is 2.89. The van der Waals surface area contributed by atoms with Crippen molar-refractivity contribution in [3.8, 4) is 16.9 Å². The fourth-order valence-electron chi connectivity index (χ4n) is 2.96. The zero-order valence-electron chi connectivity index (χ0n) is 11.8. The van der Waals surface area contributed by atoms with Crippen LogP contribution in [0.4, 0.5) is 0 Å². The molecule has 0 bridgehead atoms. The molecule has 0 N–H and O–H groups in total. The number of benzene rings is 2. The van der Waals surface area contributed by atoms with Gasteiger partial charge < -0.3 is 9.14 Å². The zero-order chi connectivity index (χ0) is 14.2. The molecule has 0 radical (unpaired) electrons. The van der Waals surface area contributed by atoms with Crippen molar-refractivity contribution in [1.29, 1.82) is 0 Å². The number of fused-ring (bicyclic) bond motifs is 3. The summed E-state index contributed by atoms with van der Waals surface area (Å²) in [6.07, 6.45) is 2.11. The number of hydrogen-bond donors (Lipinski definition) is 0. The molecule has 2 aromatic heterocycles. The number of nitrogens with zero attached hydrogens (tertiary/aromatic N) is 1. The van der Waals surface area contributed by atoms with Gasteiger partial charge in [-0.3, -0.25) is 0 Å². The van der Waals surface area contributed by atoms with Crippen molar-refractivity contribution in [2.45, 2.75) is 0 Å². The van der Waals surface area contributed by atoms with E-state index in [2.05, 4.69) is 65.2 Å². The van der Waals surface area contributed by atoms with Gasteiger partial charge in [0.15, 0.2) is 0 Å². The minimum Gasteiger partial charge on any atom is -0.497 e. The molecule has 0 aliphatic carbocycles. The Hall–Kier alpha value is -2.74. The van der Waals surface area contributed by atoms with Gasteiger partial charge in [0.25, 0.3) is 0 Å². The molecule has 0 saturated heterocycles. The van der Waals surface area contributed by atoms with Gasteiger partial charge in [-0.2, -0.15) is 0 Å². The van der Waals surface area contributed by atoms with E-state index in [4.69, 9.17) is 4.74 Å². The van der Waals surface area contributed by atoms with Crippen molar-refractivity contribution in [3.63, 3.8) is 0 Å². The predicted octanol–water partition coefficient (Wildman–Crippen LogP) is 4.77. The Morgan fingerprint density at radius 1 is 0.810 bits per heavy atom. The first kappa shape index (κ1) is 12.0. The molecule has 21 heavy (non-hydrogen) atoms. The third kappa shape index (κ3) is 1.80. The van der Waals surface area contributed by atoms with Gasteiger partial charge in [-0.25, -0.2) is 0 Å². The first-order valence-electron chi connectivity index (χ1n) is 7.01. The van der Waals surface area contributed by atoms with Crippen molar-refractivity contribution in [2.24, 2.45) is 0 Å². The van der Waals surface area contributed by atoms with E-state index >= 15 is 0 Å². The normalized spacial score (nSPS) is 11.1. The molecular formula is C19H15NO. The first-order valence-corrected chi connectivity index (χ1v) is 7.01. The molecule has 0 fully saturated rings. The molecule has 0 unspecified atom stereocenters. The molecule has 4 rings (SSSR count). The lowest BCUT2D eigenvalue weighted by Gasteiger charge is -2.02. The van der Waals surface area contributed by atoms with Crippen LogP contribution in [-0.4, -0.2) is 11.5 Å². The van der Waals surface area contributed by atoms with Gasteiger partial charge in [-0.15, -0.1) is 0 Å². The third-order valence-corrected chi connectivity index (χ3v) is 3.91. The lowest BCUT2D eigenvalue weighted by Crippen LogP contribution is -1.83. The van der Waals surface area contributed by atoms with Gasteiger partial charge in [0, 0.05) is 17.1 Å². The highest BCUT2D eigenvalue weighted by Crippen LogP contribution is 2.36. The summed E-state index contributed by atoms with van der Waals surface area (Å²) in [5.41, 5.74) is 4.90. The number of ether oxygens (including phenoxy) is 1. The zero-order valence-corrected chi connectivity index (χ0v) is 11.8. The molecule has 0 saturated carbocycles. The molecule has 2 nitrogen and oxygen atoms in total. The molecule has 102 valence electrons. The smallest absolute Gasteiger partial charge is 0.119 e. The molecule has 2 heteroatoms. The summed E-state index contributed by atoms with van der Waals surface area (Å²) < 4.78 is 7.63. The Labute approximate surface area is 123 Å². The van der Waals surface area contributed by atoms with Crippen LogP contribution in [0.25, 0.3) is 27.5 Å². The van der Waals surface area contributed by atoms with Crippen LogP contribution in [0.1, 0.15) is 0 Å². The highest BCUT2D eigenvalue weighted by atomic mass is 16.5. The Morgan fingerprint density at radius 3 is 2.43 bits per heavy atom. The molecule has 0 aliphatic rings. The number of pyridine rings is 1. The van der Waals surface area contributed by atoms with Crippen LogP contribution in [0.15, 0.2) is 72.9 Å². The second-order valence-electron chi connectivity index (χ2n) is 5.08. The van der Waals surface area contributed by atoms with E-state index in [0.29, 0.717) is 0 Å². The van der Waals surface area contributed by atoms with E-state index in [1.807, 2.05) is 12.1 Å². The van der Waals surface area contributed by atoms with E-state index in [0.717, 1.165) is 5.75 Å². The van der Waals surface area contributed by atoms with Crippen LogP contribution in [0, 0.1) is 0 Å². The van der Waals surface area contributed by atoms with E-state index in [1.165, 1.54) is 27.5 Å². The lowest BCUT2D eigenvalue weighted by molar-refractivity contribution is 0.415. The second kappa shape index (κ2) is 4.67. The Morgan fingerprint density at radius 2 is 1.62 bits per heavy atom. The van der Waals surface area contributed by atoms with Gasteiger partial charge >= 0.3 is 0 Å². The van der Waals surface area contributed by atoms with Crippen LogP contribution in [-0.2, 0) is 0 Å². The average molecular weight is 273 g/mol. The summed E-state index contributed by atoms with van der Waals surface area (Å²) in [6, 6.07) is 23.1. The molecule has 0 amide bonds. The first-order chi connectivity index (χ1) is 10.4. The van der Waals surface area contributed by atoms with E-state index in [9.17, 15) is 0 Å². The maximum absolute atomic E-state index is 5.40. The second-order valence-corrected chi connectivity index (χ2v) is 5.08. The van der Waals surface area contributed by atoms with Gasteiger partial charge in [0.1, 0.15) is 5.75 Å². The Bertz CT molecular complexity index is 922.